The monoisotopic (exact) mass is 344 g/mol. The largest absolute Gasteiger partial charge is 0.480 e. The molecule has 2 rings (SSSR count). The lowest BCUT2D eigenvalue weighted by Crippen LogP contribution is -2.30. The molecule has 1 aromatic carbocycles. The minimum Gasteiger partial charge on any atom is -0.480 e. The lowest BCUT2D eigenvalue weighted by Gasteiger charge is -2.06. The maximum Gasteiger partial charge on any atom is 0.322 e. The van der Waals surface area contributed by atoms with Gasteiger partial charge in [-0.1, -0.05) is 19.1 Å². The quantitative estimate of drug-likeness (QED) is 0.668. The first-order valence-corrected chi connectivity index (χ1v) is 7.89. The fourth-order valence-corrected chi connectivity index (χ4v) is 2.16. The number of rotatable bonds is 8. The number of hydrogen-bond acceptors (Lipinski definition) is 4. The zero-order valence-corrected chi connectivity index (χ0v) is 13.9. The first-order valence-electron chi connectivity index (χ1n) is 7.89. The van der Waals surface area contributed by atoms with Crippen LogP contribution in [-0.2, 0) is 22.6 Å². The minimum absolute atomic E-state index is 0.0747. The molecule has 1 aromatic heterocycles. The number of aryl methyl sites for hydroxylation is 1. The lowest BCUT2D eigenvalue weighted by atomic mass is 10.1. The molecule has 0 saturated heterocycles. The van der Waals surface area contributed by atoms with Gasteiger partial charge < -0.3 is 15.7 Å². The molecule has 0 fully saturated rings. The van der Waals surface area contributed by atoms with Gasteiger partial charge in [0.2, 0.25) is 5.91 Å². The van der Waals surface area contributed by atoms with E-state index in [0.717, 1.165) is 18.5 Å². The Balaban J connectivity index is 1.89. The summed E-state index contributed by atoms with van der Waals surface area (Å²) in [6.07, 6.45) is 4.22. The SMILES string of the molecule is CCCn1cc(C(=O)Nc2ccc(CC(=O)NCC(=O)O)cc2)cn1. The first-order chi connectivity index (χ1) is 12.0. The van der Waals surface area contributed by atoms with Crippen molar-refractivity contribution < 1.29 is 19.5 Å². The molecule has 0 spiro atoms. The standard InChI is InChI=1S/C17H20N4O4/c1-2-7-21-11-13(9-19-21)17(25)20-14-5-3-12(4-6-14)8-15(22)18-10-16(23)24/h3-6,9,11H,2,7-8,10H2,1H3,(H,18,22)(H,20,25)(H,23,24). The number of carboxylic acids is 1. The van der Waals surface area contributed by atoms with E-state index in [-0.39, 0.29) is 18.2 Å². The van der Waals surface area contributed by atoms with E-state index < -0.39 is 12.5 Å². The van der Waals surface area contributed by atoms with E-state index >= 15 is 0 Å². The van der Waals surface area contributed by atoms with Crippen LogP contribution in [0, 0.1) is 0 Å². The molecule has 8 nitrogen and oxygen atoms in total. The van der Waals surface area contributed by atoms with Gasteiger partial charge in [-0.3, -0.25) is 19.1 Å². The summed E-state index contributed by atoms with van der Waals surface area (Å²) in [5.74, 6) is -1.72. The van der Waals surface area contributed by atoms with Gasteiger partial charge in [-0.25, -0.2) is 0 Å². The Morgan fingerprint density at radius 2 is 1.92 bits per heavy atom. The molecule has 8 heteroatoms. The number of carbonyl (C=O) groups excluding carboxylic acids is 2. The fourth-order valence-electron chi connectivity index (χ4n) is 2.16. The number of carboxylic acid groups (broad SMARTS) is 1. The van der Waals surface area contributed by atoms with Crippen molar-refractivity contribution in [3.05, 3.63) is 47.8 Å². The van der Waals surface area contributed by atoms with Crippen molar-refractivity contribution in [3.63, 3.8) is 0 Å². The van der Waals surface area contributed by atoms with Crippen LogP contribution in [0.15, 0.2) is 36.7 Å². The number of amides is 2. The summed E-state index contributed by atoms with van der Waals surface area (Å²) < 4.78 is 1.72. The second-order valence-corrected chi connectivity index (χ2v) is 5.49. The average molecular weight is 344 g/mol. The molecule has 0 atom stereocenters. The Labute approximate surface area is 144 Å². The highest BCUT2D eigenvalue weighted by Crippen LogP contribution is 2.12. The van der Waals surface area contributed by atoms with Crippen LogP contribution in [0.25, 0.3) is 0 Å². The van der Waals surface area contributed by atoms with E-state index in [4.69, 9.17) is 5.11 Å². The Kier molecular flexibility index (Phi) is 6.27. The molecule has 25 heavy (non-hydrogen) atoms. The van der Waals surface area contributed by atoms with Crippen LogP contribution in [-0.4, -0.2) is 39.2 Å². The second kappa shape index (κ2) is 8.62. The van der Waals surface area contributed by atoms with Gasteiger partial charge in [-0.15, -0.1) is 0 Å². The summed E-state index contributed by atoms with van der Waals surface area (Å²) in [6, 6.07) is 6.79. The topological polar surface area (TPSA) is 113 Å². The number of benzene rings is 1. The number of nitrogens with one attached hydrogen (secondary N) is 2. The highest BCUT2D eigenvalue weighted by molar-refractivity contribution is 6.03. The molecule has 2 amide bonds. The van der Waals surface area contributed by atoms with Crippen molar-refractivity contribution in [3.8, 4) is 0 Å². The van der Waals surface area contributed by atoms with Crippen LogP contribution in [0.1, 0.15) is 29.3 Å². The molecule has 1 heterocycles. The molecule has 132 valence electrons. The van der Waals surface area contributed by atoms with E-state index in [1.165, 1.54) is 6.20 Å². The number of aromatic nitrogens is 2. The summed E-state index contributed by atoms with van der Waals surface area (Å²) >= 11 is 0. The molecule has 0 aliphatic carbocycles. The third-order valence-electron chi connectivity index (χ3n) is 3.36. The zero-order chi connectivity index (χ0) is 18.2. The molecular weight excluding hydrogens is 324 g/mol. The van der Waals surface area contributed by atoms with Crippen molar-refractivity contribution in [1.29, 1.82) is 0 Å². The number of anilines is 1. The van der Waals surface area contributed by atoms with Crippen molar-refractivity contribution in [1.82, 2.24) is 15.1 Å². The van der Waals surface area contributed by atoms with Gasteiger partial charge >= 0.3 is 5.97 Å². The van der Waals surface area contributed by atoms with E-state index in [9.17, 15) is 14.4 Å². The third kappa shape index (κ3) is 5.76. The van der Waals surface area contributed by atoms with Crippen molar-refractivity contribution in [2.24, 2.45) is 0 Å². The smallest absolute Gasteiger partial charge is 0.322 e. The first kappa shape index (κ1) is 18.2. The fraction of sp³-hybridized carbons (Fsp3) is 0.294. The molecule has 0 radical (unpaired) electrons. The van der Waals surface area contributed by atoms with E-state index in [2.05, 4.69) is 15.7 Å². The van der Waals surface area contributed by atoms with Gasteiger partial charge in [0, 0.05) is 18.4 Å². The summed E-state index contributed by atoms with van der Waals surface area (Å²) in [4.78, 5) is 34.1. The van der Waals surface area contributed by atoms with Gasteiger partial charge in [0.1, 0.15) is 6.54 Å². The van der Waals surface area contributed by atoms with Crippen molar-refractivity contribution in [2.75, 3.05) is 11.9 Å². The van der Waals surface area contributed by atoms with Gasteiger partial charge in [0.15, 0.2) is 0 Å². The van der Waals surface area contributed by atoms with E-state index in [1.54, 1.807) is 35.1 Å². The van der Waals surface area contributed by atoms with E-state index in [0.29, 0.717) is 11.3 Å². The van der Waals surface area contributed by atoms with Crippen LogP contribution in [0.5, 0.6) is 0 Å². The zero-order valence-electron chi connectivity index (χ0n) is 13.9. The average Bonchev–Trinajstić information content (AvgIpc) is 3.04. The molecule has 0 saturated carbocycles. The maximum atomic E-state index is 12.2. The van der Waals surface area contributed by atoms with Gasteiger partial charge in [-0.05, 0) is 24.1 Å². The lowest BCUT2D eigenvalue weighted by molar-refractivity contribution is -0.137. The summed E-state index contributed by atoms with van der Waals surface area (Å²) in [5.41, 5.74) is 1.80. The number of hydrogen-bond donors (Lipinski definition) is 3. The minimum atomic E-state index is -1.09. The highest BCUT2D eigenvalue weighted by atomic mass is 16.4. The molecule has 0 aliphatic heterocycles. The van der Waals surface area contributed by atoms with Gasteiger partial charge in [0.05, 0.1) is 18.2 Å². The normalized spacial score (nSPS) is 10.3. The molecule has 0 unspecified atom stereocenters. The van der Waals surface area contributed by atoms with Crippen LogP contribution < -0.4 is 10.6 Å². The predicted molar refractivity (Wildman–Crippen MR) is 91.3 cm³/mol. The maximum absolute atomic E-state index is 12.2. The summed E-state index contributed by atoms with van der Waals surface area (Å²) in [7, 11) is 0. The van der Waals surface area contributed by atoms with Crippen molar-refractivity contribution in [2.45, 2.75) is 26.3 Å². The second-order valence-electron chi connectivity index (χ2n) is 5.49. The van der Waals surface area contributed by atoms with E-state index in [1.807, 2.05) is 6.92 Å². The molecule has 0 aliphatic rings. The predicted octanol–water partition coefficient (Wildman–Crippen LogP) is 1.29. The van der Waals surface area contributed by atoms with Crippen molar-refractivity contribution >= 4 is 23.5 Å². The third-order valence-corrected chi connectivity index (χ3v) is 3.36. The molecule has 3 N–H and O–H groups in total. The summed E-state index contributed by atoms with van der Waals surface area (Å²) in [6.45, 7) is 2.38. The number of nitrogens with zero attached hydrogens (tertiary/aromatic N) is 2. The molecule has 0 bridgehead atoms. The number of carbonyl (C=O) groups is 3. The molecular formula is C17H20N4O4. The van der Waals surface area contributed by atoms with Crippen LogP contribution >= 0.6 is 0 Å². The Hall–Kier alpha value is -3.16. The molecule has 2 aromatic rings. The van der Waals surface area contributed by atoms with Crippen LogP contribution in [0.4, 0.5) is 5.69 Å². The Morgan fingerprint density at radius 1 is 1.20 bits per heavy atom. The van der Waals surface area contributed by atoms with Crippen LogP contribution in [0.3, 0.4) is 0 Å². The number of aliphatic carboxylic acids is 1. The van der Waals surface area contributed by atoms with Crippen LogP contribution in [0.2, 0.25) is 0 Å². The van der Waals surface area contributed by atoms with Gasteiger partial charge in [-0.2, -0.15) is 5.10 Å². The highest BCUT2D eigenvalue weighted by Gasteiger charge is 2.10. The van der Waals surface area contributed by atoms with Gasteiger partial charge in [0.25, 0.3) is 5.91 Å². The Bertz CT molecular complexity index is 752. The Morgan fingerprint density at radius 3 is 2.56 bits per heavy atom. The summed E-state index contributed by atoms with van der Waals surface area (Å²) in [5, 5.41) is 17.7.